The van der Waals surface area contributed by atoms with Crippen LogP contribution in [0.25, 0.3) is 10.1 Å². The molecule has 2 aromatic rings. The standard InChI is InChI=1S/C15H19NO2S/c1-11-6-16(8-13(9-17)18-11)7-12-10-19-15-5-3-2-4-14(12)15/h2-5,10-11,13,17H,6-9H2,1H3. The first-order chi connectivity index (χ1) is 9.26. The molecule has 4 heteroatoms. The molecule has 1 aliphatic heterocycles. The molecule has 0 saturated carbocycles. The van der Waals surface area contributed by atoms with Crippen LogP contribution in [0.3, 0.4) is 0 Å². The summed E-state index contributed by atoms with van der Waals surface area (Å²) in [5, 5.41) is 12.9. The van der Waals surface area contributed by atoms with Crippen LogP contribution in [0.2, 0.25) is 0 Å². The molecule has 1 saturated heterocycles. The normalized spacial score (nSPS) is 24.9. The molecule has 0 amide bonds. The summed E-state index contributed by atoms with van der Waals surface area (Å²) in [6.07, 6.45) is 0.143. The van der Waals surface area contributed by atoms with Gasteiger partial charge in [-0.15, -0.1) is 11.3 Å². The lowest BCUT2D eigenvalue weighted by atomic mass is 10.1. The first kappa shape index (κ1) is 13.1. The topological polar surface area (TPSA) is 32.7 Å². The van der Waals surface area contributed by atoms with E-state index in [2.05, 4.69) is 41.5 Å². The third kappa shape index (κ3) is 2.82. The van der Waals surface area contributed by atoms with Gasteiger partial charge in [-0.25, -0.2) is 0 Å². The van der Waals surface area contributed by atoms with Crippen molar-refractivity contribution in [3.63, 3.8) is 0 Å². The molecule has 3 nitrogen and oxygen atoms in total. The monoisotopic (exact) mass is 277 g/mol. The average molecular weight is 277 g/mol. The lowest BCUT2D eigenvalue weighted by Crippen LogP contribution is -2.47. The molecular weight excluding hydrogens is 258 g/mol. The Morgan fingerprint density at radius 3 is 3.05 bits per heavy atom. The van der Waals surface area contributed by atoms with Crippen LogP contribution in [0.15, 0.2) is 29.6 Å². The molecule has 1 fully saturated rings. The summed E-state index contributed by atoms with van der Waals surface area (Å²) < 4.78 is 7.03. The number of hydrogen-bond acceptors (Lipinski definition) is 4. The van der Waals surface area contributed by atoms with Crippen LogP contribution in [-0.4, -0.2) is 41.9 Å². The summed E-state index contributed by atoms with van der Waals surface area (Å²) in [6.45, 7) is 4.85. The van der Waals surface area contributed by atoms with Crippen LogP contribution >= 0.6 is 11.3 Å². The van der Waals surface area contributed by atoms with Crippen LogP contribution in [0.4, 0.5) is 0 Å². The zero-order valence-electron chi connectivity index (χ0n) is 11.1. The van der Waals surface area contributed by atoms with Crippen LogP contribution in [-0.2, 0) is 11.3 Å². The molecule has 3 rings (SSSR count). The van der Waals surface area contributed by atoms with Gasteiger partial charge in [0.2, 0.25) is 0 Å². The van der Waals surface area contributed by atoms with Gasteiger partial charge >= 0.3 is 0 Å². The molecule has 1 N–H and O–H groups in total. The molecule has 2 unspecified atom stereocenters. The molecule has 102 valence electrons. The molecule has 1 aromatic carbocycles. The third-order valence-electron chi connectivity index (χ3n) is 3.56. The highest BCUT2D eigenvalue weighted by atomic mass is 32.1. The highest BCUT2D eigenvalue weighted by Crippen LogP contribution is 2.27. The highest BCUT2D eigenvalue weighted by Gasteiger charge is 2.25. The second-order valence-electron chi connectivity index (χ2n) is 5.20. The number of rotatable bonds is 3. The van der Waals surface area contributed by atoms with Gasteiger partial charge in [0.1, 0.15) is 0 Å². The van der Waals surface area contributed by atoms with Gasteiger partial charge in [0.05, 0.1) is 18.8 Å². The van der Waals surface area contributed by atoms with Crippen molar-refractivity contribution in [1.82, 2.24) is 4.90 Å². The Morgan fingerprint density at radius 1 is 1.37 bits per heavy atom. The number of fused-ring (bicyclic) bond motifs is 1. The van der Waals surface area contributed by atoms with E-state index in [1.165, 1.54) is 15.6 Å². The van der Waals surface area contributed by atoms with E-state index in [-0.39, 0.29) is 18.8 Å². The molecule has 19 heavy (non-hydrogen) atoms. The summed E-state index contributed by atoms with van der Waals surface area (Å²) in [6, 6.07) is 8.54. The Balaban J connectivity index is 1.77. The average Bonchev–Trinajstić information content (AvgIpc) is 2.82. The second kappa shape index (κ2) is 5.59. The van der Waals surface area contributed by atoms with Gasteiger partial charge < -0.3 is 9.84 Å². The number of nitrogens with zero attached hydrogens (tertiary/aromatic N) is 1. The molecule has 0 aliphatic carbocycles. The van der Waals surface area contributed by atoms with E-state index in [4.69, 9.17) is 4.74 Å². The van der Waals surface area contributed by atoms with Crippen molar-refractivity contribution >= 4 is 21.4 Å². The molecule has 1 aromatic heterocycles. The predicted molar refractivity (Wildman–Crippen MR) is 78.5 cm³/mol. The van der Waals surface area contributed by atoms with Crippen molar-refractivity contribution in [2.75, 3.05) is 19.7 Å². The van der Waals surface area contributed by atoms with E-state index in [1.807, 2.05) is 0 Å². The number of morpholine rings is 1. The van der Waals surface area contributed by atoms with E-state index >= 15 is 0 Å². The van der Waals surface area contributed by atoms with E-state index in [1.54, 1.807) is 11.3 Å². The summed E-state index contributed by atoms with van der Waals surface area (Å²) >= 11 is 1.80. The molecule has 0 radical (unpaired) electrons. The largest absolute Gasteiger partial charge is 0.394 e. The second-order valence-corrected chi connectivity index (χ2v) is 6.11. The van der Waals surface area contributed by atoms with E-state index in [0.29, 0.717) is 0 Å². The van der Waals surface area contributed by atoms with Gasteiger partial charge in [-0.3, -0.25) is 4.90 Å². The van der Waals surface area contributed by atoms with Gasteiger partial charge in [-0.1, -0.05) is 18.2 Å². The summed E-state index contributed by atoms with van der Waals surface area (Å²) in [4.78, 5) is 2.38. The van der Waals surface area contributed by atoms with Crippen LogP contribution in [0, 0.1) is 0 Å². The van der Waals surface area contributed by atoms with Crippen LogP contribution in [0.1, 0.15) is 12.5 Å². The lowest BCUT2D eigenvalue weighted by molar-refractivity contribution is -0.0971. The molecule has 1 aliphatic rings. The van der Waals surface area contributed by atoms with Gasteiger partial charge in [-0.05, 0) is 29.3 Å². The maximum absolute atomic E-state index is 9.27. The fourth-order valence-corrected chi connectivity index (χ4v) is 3.72. The van der Waals surface area contributed by atoms with Gasteiger partial charge in [0.15, 0.2) is 0 Å². The number of hydrogen-bond donors (Lipinski definition) is 1. The summed E-state index contributed by atoms with van der Waals surface area (Å²) in [5.41, 5.74) is 1.38. The van der Waals surface area contributed by atoms with Crippen molar-refractivity contribution in [2.24, 2.45) is 0 Å². The smallest absolute Gasteiger partial charge is 0.0936 e. The first-order valence-corrected chi connectivity index (χ1v) is 7.58. The molecule has 0 spiro atoms. The summed E-state index contributed by atoms with van der Waals surface area (Å²) in [5.74, 6) is 0. The SMILES string of the molecule is CC1CN(Cc2csc3ccccc23)CC(CO)O1. The lowest BCUT2D eigenvalue weighted by Gasteiger charge is -2.36. The number of aliphatic hydroxyl groups is 1. The zero-order chi connectivity index (χ0) is 13.2. The maximum atomic E-state index is 9.27. The third-order valence-corrected chi connectivity index (χ3v) is 4.57. The molecule has 0 bridgehead atoms. The van der Waals surface area contributed by atoms with E-state index < -0.39 is 0 Å². The Kier molecular flexibility index (Phi) is 3.84. The van der Waals surface area contributed by atoms with E-state index in [9.17, 15) is 5.11 Å². The number of aliphatic hydroxyl groups excluding tert-OH is 1. The molecule has 2 heterocycles. The van der Waals surface area contributed by atoms with E-state index in [0.717, 1.165) is 19.6 Å². The molecular formula is C15H19NO2S. The Bertz CT molecular complexity index is 554. The van der Waals surface area contributed by atoms with Gasteiger partial charge in [0, 0.05) is 24.3 Å². The minimum absolute atomic E-state index is 0.0475. The predicted octanol–water partition coefficient (Wildman–Crippen LogP) is 2.48. The van der Waals surface area contributed by atoms with Crippen molar-refractivity contribution in [1.29, 1.82) is 0 Å². The number of ether oxygens (including phenoxy) is 1. The van der Waals surface area contributed by atoms with Crippen LogP contribution in [0.5, 0.6) is 0 Å². The Hall–Kier alpha value is -0.940. The highest BCUT2D eigenvalue weighted by molar-refractivity contribution is 7.17. The van der Waals surface area contributed by atoms with Crippen LogP contribution < -0.4 is 0 Å². The van der Waals surface area contributed by atoms with Crippen molar-refractivity contribution in [3.8, 4) is 0 Å². The summed E-state index contributed by atoms with van der Waals surface area (Å²) in [7, 11) is 0. The molecule has 2 atom stereocenters. The zero-order valence-corrected chi connectivity index (χ0v) is 11.9. The maximum Gasteiger partial charge on any atom is 0.0936 e. The first-order valence-electron chi connectivity index (χ1n) is 6.70. The quantitative estimate of drug-likeness (QED) is 0.935. The minimum atomic E-state index is -0.0475. The van der Waals surface area contributed by atoms with Crippen molar-refractivity contribution in [2.45, 2.75) is 25.7 Å². The number of benzene rings is 1. The van der Waals surface area contributed by atoms with Crippen molar-refractivity contribution < 1.29 is 9.84 Å². The fourth-order valence-electron chi connectivity index (χ4n) is 2.77. The minimum Gasteiger partial charge on any atom is -0.394 e. The fraction of sp³-hybridized carbons (Fsp3) is 0.467. The number of thiophene rings is 1. The van der Waals surface area contributed by atoms with Crippen molar-refractivity contribution in [3.05, 3.63) is 35.2 Å². The van der Waals surface area contributed by atoms with Gasteiger partial charge in [-0.2, -0.15) is 0 Å². The Labute approximate surface area is 117 Å². The Morgan fingerprint density at radius 2 is 2.21 bits per heavy atom. The van der Waals surface area contributed by atoms with Gasteiger partial charge in [0.25, 0.3) is 0 Å².